The van der Waals surface area contributed by atoms with E-state index < -0.39 is 0 Å². The van der Waals surface area contributed by atoms with Crippen molar-refractivity contribution in [2.75, 3.05) is 5.32 Å². The van der Waals surface area contributed by atoms with Crippen molar-refractivity contribution < 1.29 is 4.79 Å². The molecule has 0 radical (unpaired) electrons. The lowest BCUT2D eigenvalue weighted by atomic mass is 10.1. The van der Waals surface area contributed by atoms with Crippen molar-refractivity contribution in [3.8, 4) is 0 Å². The van der Waals surface area contributed by atoms with E-state index in [1.165, 1.54) is 0 Å². The summed E-state index contributed by atoms with van der Waals surface area (Å²) >= 11 is 0. The van der Waals surface area contributed by atoms with Gasteiger partial charge in [-0.25, -0.2) is 0 Å². The lowest BCUT2D eigenvalue weighted by molar-refractivity contribution is -0.117. The second-order valence-electron chi connectivity index (χ2n) is 3.42. The van der Waals surface area contributed by atoms with Crippen LogP contribution in [0, 0.1) is 0 Å². The van der Waals surface area contributed by atoms with E-state index in [1.807, 2.05) is 23.9 Å². The van der Waals surface area contributed by atoms with Crippen LogP contribution in [0.4, 0.5) is 5.69 Å². The maximum absolute atomic E-state index is 11.3. The predicted octanol–water partition coefficient (Wildman–Crippen LogP) is 0.237. The number of fused-ring (bicyclic) bond motifs is 1. The molecule has 0 aliphatic carbocycles. The predicted molar refractivity (Wildman–Crippen MR) is 50.3 cm³/mol. The molecule has 2 heterocycles. The fourth-order valence-electron chi connectivity index (χ4n) is 1.64. The van der Waals surface area contributed by atoms with E-state index in [-0.39, 0.29) is 11.9 Å². The summed E-state index contributed by atoms with van der Waals surface area (Å²) in [5.74, 6) is -0.0787. The topological polar surface area (TPSA) is 60.0 Å². The molecule has 0 aromatic carbocycles. The summed E-state index contributed by atoms with van der Waals surface area (Å²) in [7, 11) is 1.97. The number of carbonyl (C=O) groups is 1. The number of hydrogen-bond donors (Lipinski definition) is 2. The number of nitrogens with two attached hydrogens (primary N) is 1. The Labute approximate surface area is 76.7 Å². The van der Waals surface area contributed by atoms with Gasteiger partial charge in [-0.1, -0.05) is 0 Å². The number of rotatable bonds is 0. The average molecular weight is 179 g/mol. The molecule has 1 aromatic heterocycles. The van der Waals surface area contributed by atoms with Crippen LogP contribution < -0.4 is 11.1 Å². The lowest BCUT2D eigenvalue weighted by Crippen LogP contribution is -2.34. The van der Waals surface area contributed by atoms with Gasteiger partial charge in [-0.3, -0.25) is 4.79 Å². The zero-order valence-corrected chi connectivity index (χ0v) is 7.58. The number of carbonyl (C=O) groups excluding carboxylic acids is 1. The summed E-state index contributed by atoms with van der Waals surface area (Å²) in [4.78, 5) is 11.3. The van der Waals surface area contributed by atoms with Crippen molar-refractivity contribution in [3.05, 3.63) is 18.0 Å². The van der Waals surface area contributed by atoms with E-state index in [9.17, 15) is 4.79 Å². The van der Waals surface area contributed by atoms with Crippen LogP contribution in [-0.4, -0.2) is 16.5 Å². The first kappa shape index (κ1) is 8.31. The number of nitrogens with zero attached hydrogens (tertiary/aromatic N) is 1. The Morgan fingerprint density at radius 3 is 3.23 bits per heavy atom. The van der Waals surface area contributed by atoms with Crippen LogP contribution in [0.2, 0.25) is 0 Å². The molecule has 1 aliphatic heterocycles. The van der Waals surface area contributed by atoms with Crippen molar-refractivity contribution >= 4 is 11.6 Å². The van der Waals surface area contributed by atoms with Crippen LogP contribution in [0.3, 0.4) is 0 Å². The molecule has 0 fully saturated rings. The number of hydrogen-bond acceptors (Lipinski definition) is 2. The Kier molecular flexibility index (Phi) is 1.84. The van der Waals surface area contributed by atoms with E-state index in [4.69, 9.17) is 5.73 Å². The van der Waals surface area contributed by atoms with Crippen molar-refractivity contribution in [2.45, 2.75) is 18.9 Å². The first-order valence-corrected chi connectivity index (χ1v) is 4.39. The van der Waals surface area contributed by atoms with Crippen LogP contribution in [0.25, 0.3) is 0 Å². The van der Waals surface area contributed by atoms with Crippen molar-refractivity contribution in [3.63, 3.8) is 0 Å². The van der Waals surface area contributed by atoms with Gasteiger partial charge in [0.1, 0.15) is 0 Å². The van der Waals surface area contributed by atoms with E-state index in [1.54, 1.807) is 0 Å². The molecule has 0 saturated heterocycles. The molecular weight excluding hydrogens is 166 g/mol. The zero-order chi connectivity index (χ0) is 9.42. The van der Waals surface area contributed by atoms with Gasteiger partial charge in [-0.05, 0) is 18.9 Å². The van der Waals surface area contributed by atoms with Gasteiger partial charge in [0.25, 0.3) is 0 Å². The van der Waals surface area contributed by atoms with Crippen molar-refractivity contribution in [2.24, 2.45) is 12.8 Å². The third kappa shape index (κ3) is 1.33. The number of anilines is 1. The lowest BCUT2D eigenvalue weighted by Gasteiger charge is -2.04. The number of nitrogens with one attached hydrogen (secondary N) is 1. The maximum Gasteiger partial charge on any atom is 0.241 e. The molecule has 0 saturated carbocycles. The summed E-state index contributed by atoms with van der Waals surface area (Å²) in [6, 6.07) is 1.54. The number of aryl methyl sites for hydroxylation is 1. The highest BCUT2D eigenvalue weighted by Gasteiger charge is 2.21. The third-order valence-electron chi connectivity index (χ3n) is 2.49. The van der Waals surface area contributed by atoms with Crippen LogP contribution in [0.1, 0.15) is 12.1 Å². The Bertz CT molecular complexity index is 343. The Hall–Kier alpha value is -1.29. The molecule has 4 nitrogen and oxygen atoms in total. The van der Waals surface area contributed by atoms with Gasteiger partial charge in [-0.15, -0.1) is 0 Å². The molecule has 13 heavy (non-hydrogen) atoms. The molecule has 2 rings (SSSR count). The molecule has 0 spiro atoms. The minimum atomic E-state index is -0.368. The average Bonchev–Trinajstić information content (AvgIpc) is 2.36. The van der Waals surface area contributed by atoms with E-state index in [0.717, 1.165) is 24.2 Å². The largest absolute Gasteiger partial charge is 0.353 e. The summed E-state index contributed by atoms with van der Waals surface area (Å²) in [6.07, 6.45) is 3.53. The van der Waals surface area contributed by atoms with Crippen LogP contribution >= 0.6 is 0 Å². The maximum atomic E-state index is 11.3. The van der Waals surface area contributed by atoms with Gasteiger partial charge in [-0.2, -0.15) is 0 Å². The molecule has 4 heteroatoms. The zero-order valence-electron chi connectivity index (χ0n) is 7.58. The fourth-order valence-corrected chi connectivity index (χ4v) is 1.64. The summed E-state index contributed by atoms with van der Waals surface area (Å²) < 4.78 is 2.02. The number of amides is 1. The molecule has 1 atom stereocenters. The van der Waals surface area contributed by atoms with Gasteiger partial charge in [0.2, 0.25) is 5.91 Å². The number of aromatic nitrogens is 1. The standard InChI is InChI=1S/C9H13N3O/c1-12-5-4-7-8(12)3-2-6(10)9(13)11-7/h4-6H,2-3,10H2,1H3,(H,11,13). The van der Waals surface area contributed by atoms with E-state index in [0.29, 0.717) is 0 Å². The summed E-state index contributed by atoms with van der Waals surface area (Å²) in [6.45, 7) is 0. The minimum absolute atomic E-state index is 0.0787. The smallest absolute Gasteiger partial charge is 0.241 e. The van der Waals surface area contributed by atoms with Gasteiger partial charge >= 0.3 is 0 Å². The Balaban J connectivity index is 2.36. The van der Waals surface area contributed by atoms with E-state index in [2.05, 4.69) is 5.32 Å². The first-order valence-electron chi connectivity index (χ1n) is 4.39. The van der Waals surface area contributed by atoms with Crippen LogP contribution in [-0.2, 0) is 18.3 Å². The second kappa shape index (κ2) is 2.88. The van der Waals surface area contributed by atoms with Gasteiger partial charge in [0.05, 0.1) is 11.7 Å². The highest BCUT2D eigenvalue weighted by atomic mass is 16.2. The monoisotopic (exact) mass is 179 g/mol. The molecule has 1 amide bonds. The van der Waals surface area contributed by atoms with Gasteiger partial charge in [0, 0.05) is 18.9 Å². The molecule has 70 valence electrons. The van der Waals surface area contributed by atoms with Gasteiger partial charge < -0.3 is 15.6 Å². The highest BCUT2D eigenvalue weighted by molar-refractivity contribution is 5.95. The SMILES string of the molecule is Cn1ccc2c1CCC(N)C(=O)N2. The molecule has 0 bridgehead atoms. The molecule has 1 aromatic rings. The quantitative estimate of drug-likeness (QED) is 0.599. The molecule has 3 N–H and O–H groups in total. The van der Waals surface area contributed by atoms with Crippen LogP contribution in [0.5, 0.6) is 0 Å². The third-order valence-corrected chi connectivity index (χ3v) is 2.49. The molecular formula is C9H13N3O. The molecule has 1 unspecified atom stereocenters. The highest BCUT2D eigenvalue weighted by Crippen LogP contribution is 2.21. The molecule has 1 aliphatic rings. The van der Waals surface area contributed by atoms with Crippen molar-refractivity contribution in [1.82, 2.24) is 4.57 Å². The van der Waals surface area contributed by atoms with E-state index >= 15 is 0 Å². The normalized spacial score (nSPS) is 22.0. The first-order chi connectivity index (χ1) is 6.18. The summed E-state index contributed by atoms with van der Waals surface area (Å²) in [5.41, 5.74) is 7.70. The Morgan fingerprint density at radius 2 is 2.46 bits per heavy atom. The van der Waals surface area contributed by atoms with Gasteiger partial charge in [0.15, 0.2) is 0 Å². The van der Waals surface area contributed by atoms with Crippen LogP contribution in [0.15, 0.2) is 12.3 Å². The van der Waals surface area contributed by atoms with Crippen molar-refractivity contribution in [1.29, 1.82) is 0 Å². The summed E-state index contributed by atoms with van der Waals surface area (Å²) in [5, 5.41) is 2.81. The minimum Gasteiger partial charge on any atom is -0.353 e. The second-order valence-corrected chi connectivity index (χ2v) is 3.42. The Morgan fingerprint density at radius 1 is 1.69 bits per heavy atom. The fraction of sp³-hybridized carbons (Fsp3) is 0.444.